The number of benzene rings is 1. The number of amides is 1. The van der Waals surface area contributed by atoms with E-state index in [-0.39, 0.29) is 13.0 Å². The molecule has 1 aliphatic rings. The molecule has 0 aliphatic heterocycles. The molecule has 0 bridgehead atoms. The van der Waals surface area contributed by atoms with Crippen molar-refractivity contribution in [3.8, 4) is 6.07 Å². The van der Waals surface area contributed by atoms with Crippen molar-refractivity contribution in [3.05, 3.63) is 51.9 Å². The van der Waals surface area contributed by atoms with Gasteiger partial charge in [-0.1, -0.05) is 30.3 Å². The fourth-order valence-electron chi connectivity index (χ4n) is 2.88. The quantitative estimate of drug-likeness (QED) is 0.808. The van der Waals surface area contributed by atoms with Crippen LogP contribution < -0.4 is 5.32 Å². The molecule has 1 N–H and O–H groups in total. The van der Waals surface area contributed by atoms with Gasteiger partial charge in [-0.25, -0.2) is 0 Å². The molecule has 1 heterocycles. The summed E-state index contributed by atoms with van der Waals surface area (Å²) in [6.07, 6.45) is 3.72. The van der Waals surface area contributed by atoms with Crippen LogP contribution in [0.2, 0.25) is 0 Å². The molecule has 0 radical (unpaired) electrons. The van der Waals surface area contributed by atoms with Gasteiger partial charge in [-0.15, -0.1) is 11.3 Å². The Kier molecular flexibility index (Phi) is 5.46. The molecular formula is C19H18N2O3S. The number of esters is 1. The monoisotopic (exact) mass is 354 g/mol. The van der Waals surface area contributed by atoms with Gasteiger partial charge in [0.25, 0.3) is 5.91 Å². The van der Waals surface area contributed by atoms with Crippen LogP contribution in [0.5, 0.6) is 0 Å². The molecule has 0 spiro atoms. The van der Waals surface area contributed by atoms with E-state index in [4.69, 9.17) is 4.74 Å². The van der Waals surface area contributed by atoms with Crippen LogP contribution in [0, 0.1) is 11.3 Å². The van der Waals surface area contributed by atoms with Gasteiger partial charge in [0.15, 0.2) is 6.61 Å². The summed E-state index contributed by atoms with van der Waals surface area (Å²) in [6, 6.07) is 11.8. The Morgan fingerprint density at radius 3 is 2.80 bits per heavy atom. The van der Waals surface area contributed by atoms with Crippen molar-refractivity contribution in [2.75, 3.05) is 11.9 Å². The highest BCUT2D eigenvalue weighted by atomic mass is 32.1. The molecule has 0 fully saturated rings. The van der Waals surface area contributed by atoms with E-state index in [1.54, 1.807) is 0 Å². The third-order valence-electron chi connectivity index (χ3n) is 4.11. The van der Waals surface area contributed by atoms with Crippen LogP contribution in [-0.4, -0.2) is 18.5 Å². The maximum atomic E-state index is 12.0. The van der Waals surface area contributed by atoms with Crippen molar-refractivity contribution in [2.24, 2.45) is 0 Å². The predicted octanol–water partition coefficient (Wildman–Crippen LogP) is 3.22. The highest BCUT2D eigenvalue weighted by molar-refractivity contribution is 7.16. The Morgan fingerprint density at radius 2 is 2.04 bits per heavy atom. The lowest BCUT2D eigenvalue weighted by Gasteiger charge is -2.06. The average Bonchev–Trinajstić information content (AvgIpc) is 3.19. The smallest absolute Gasteiger partial charge is 0.306 e. The first kappa shape index (κ1) is 17.2. The van der Waals surface area contributed by atoms with Crippen molar-refractivity contribution in [1.29, 1.82) is 5.26 Å². The Hall–Kier alpha value is -2.65. The second-order valence-electron chi connectivity index (χ2n) is 5.87. The van der Waals surface area contributed by atoms with Crippen LogP contribution in [0.15, 0.2) is 30.3 Å². The van der Waals surface area contributed by atoms with Gasteiger partial charge in [-0.05, 0) is 36.8 Å². The number of rotatable bonds is 6. The zero-order valence-electron chi connectivity index (χ0n) is 13.7. The number of hydrogen-bond donors (Lipinski definition) is 1. The Morgan fingerprint density at radius 1 is 1.24 bits per heavy atom. The minimum Gasteiger partial charge on any atom is -0.456 e. The zero-order valence-corrected chi connectivity index (χ0v) is 14.5. The van der Waals surface area contributed by atoms with Gasteiger partial charge < -0.3 is 10.1 Å². The summed E-state index contributed by atoms with van der Waals surface area (Å²) in [5.41, 5.74) is 2.67. The first-order chi connectivity index (χ1) is 12.2. The molecule has 1 amide bonds. The molecule has 128 valence electrons. The highest BCUT2D eigenvalue weighted by Crippen LogP contribution is 2.38. The number of ether oxygens (including phenoxy) is 1. The van der Waals surface area contributed by atoms with Crippen LogP contribution in [0.1, 0.15) is 34.4 Å². The van der Waals surface area contributed by atoms with Gasteiger partial charge in [0.2, 0.25) is 0 Å². The van der Waals surface area contributed by atoms with E-state index in [0.717, 1.165) is 30.4 Å². The molecule has 1 aromatic heterocycles. The number of aryl methyl sites for hydroxylation is 2. The zero-order chi connectivity index (χ0) is 17.6. The van der Waals surface area contributed by atoms with E-state index in [1.807, 2.05) is 30.3 Å². The van der Waals surface area contributed by atoms with E-state index >= 15 is 0 Å². The molecule has 1 aromatic carbocycles. The van der Waals surface area contributed by atoms with Gasteiger partial charge in [-0.2, -0.15) is 5.26 Å². The van der Waals surface area contributed by atoms with Crippen molar-refractivity contribution < 1.29 is 14.3 Å². The molecular weight excluding hydrogens is 336 g/mol. The van der Waals surface area contributed by atoms with E-state index in [1.165, 1.54) is 16.2 Å². The summed E-state index contributed by atoms with van der Waals surface area (Å²) >= 11 is 1.45. The molecule has 0 saturated heterocycles. The van der Waals surface area contributed by atoms with Gasteiger partial charge in [-0.3, -0.25) is 9.59 Å². The van der Waals surface area contributed by atoms with E-state index in [9.17, 15) is 14.9 Å². The van der Waals surface area contributed by atoms with E-state index in [2.05, 4.69) is 11.4 Å². The number of carbonyl (C=O) groups is 2. The summed E-state index contributed by atoms with van der Waals surface area (Å²) < 4.78 is 5.02. The number of nitrogens with zero attached hydrogens (tertiary/aromatic N) is 1. The van der Waals surface area contributed by atoms with Crippen molar-refractivity contribution in [2.45, 2.75) is 32.1 Å². The molecule has 25 heavy (non-hydrogen) atoms. The number of carbonyl (C=O) groups excluding carboxylic acids is 2. The van der Waals surface area contributed by atoms with Crippen LogP contribution in [0.3, 0.4) is 0 Å². The van der Waals surface area contributed by atoms with Crippen molar-refractivity contribution in [3.63, 3.8) is 0 Å². The number of nitrogens with one attached hydrogen (secondary N) is 1. The predicted molar refractivity (Wildman–Crippen MR) is 95.4 cm³/mol. The first-order valence-corrected chi connectivity index (χ1v) is 9.03. The fourth-order valence-corrected chi connectivity index (χ4v) is 4.14. The maximum Gasteiger partial charge on any atom is 0.306 e. The molecule has 0 unspecified atom stereocenters. The third kappa shape index (κ3) is 4.25. The molecule has 6 heteroatoms. The summed E-state index contributed by atoms with van der Waals surface area (Å²) in [5.74, 6) is -0.822. The summed E-state index contributed by atoms with van der Waals surface area (Å²) in [5, 5.41) is 12.6. The van der Waals surface area contributed by atoms with Gasteiger partial charge in [0.05, 0.1) is 5.56 Å². The SMILES string of the molecule is N#Cc1c(NC(=O)COC(=O)CCc2ccccc2)sc2c1CCC2. The third-order valence-corrected chi connectivity index (χ3v) is 5.32. The Labute approximate surface area is 150 Å². The number of fused-ring (bicyclic) bond motifs is 1. The lowest BCUT2D eigenvalue weighted by molar-refractivity contribution is -0.147. The fraction of sp³-hybridized carbons (Fsp3) is 0.316. The summed E-state index contributed by atoms with van der Waals surface area (Å²) in [4.78, 5) is 24.9. The molecule has 5 nitrogen and oxygen atoms in total. The standard InChI is InChI=1S/C19H18N2O3S/c20-11-15-14-7-4-8-16(14)25-19(15)21-17(22)12-24-18(23)10-9-13-5-2-1-3-6-13/h1-3,5-6H,4,7-10,12H2,(H,21,22). The van der Waals surface area contributed by atoms with Gasteiger partial charge in [0, 0.05) is 11.3 Å². The van der Waals surface area contributed by atoms with Crippen LogP contribution in [0.25, 0.3) is 0 Å². The second kappa shape index (κ2) is 7.95. The second-order valence-corrected chi connectivity index (χ2v) is 6.97. The molecule has 3 rings (SSSR count). The molecule has 1 aliphatic carbocycles. The summed E-state index contributed by atoms with van der Waals surface area (Å²) in [6.45, 7) is -0.332. The van der Waals surface area contributed by atoms with Crippen molar-refractivity contribution >= 4 is 28.2 Å². The minimum absolute atomic E-state index is 0.230. The number of thiophene rings is 1. The Bertz CT molecular complexity index is 821. The molecule has 0 atom stereocenters. The number of nitriles is 1. The molecule has 0 saturated carbocycles. The number of anilines is 1. The normalized spacial score (nSPS) is 12.3. The van der Waals surface area contributed by atoms with Gasteiger partial charge in [0.1, 0.15) is 11.1 Å². The van der Waals surface area contributed by atoms with Crippen LogP contribution >= 0.6 is 11.3 Å². The van der Waals surface area contributed by atoms with Gasteiger partial charge >= 0.3 is 5.97 Å². The van der Waals surface area contributed by atoms with Crippen LogP contribution in [-0.2, 0) is 33.6 Å². The van der Waals surface area contributed by atoms with E-state index in [0.29, 0.717) is 17.0 Å². The largest absolute Gasteiger partial charge is 0.456 e. The Balaban J connectivity index is 1.47. The average molecular weight is 354 g/mol. The summed E-state index contributed by atoms with van der Waals surface area (Å²) in [7, 11) is 0. The topological polar surface area (TPSA) is 79.2 Å². The van der Waals surface area contributed by atoms with E-state index < -0.39 is 11.9 Å². The van der Waals surface area contributed by atoms with Crippen molar-refractivity contribution in [1.82, 2.24) is 0 Å². The lowest BCUT2D eigenvalue weighted by atomic mass is 10.1. The lowest BCUT2D eigenvalue weighted by Crippen LogP contribution is -2.21. The first-order valence-electron chi connectivity index (χ1n) is 8.21. The van der Waals surface area contributed by atoms with Crippen LogP contribution in [0.4, 0.5) is 5.00 Å². The molecule has 2 aromatic rings. The maximum absolute atomic E-state index is 12.0. The highest BCUT2D eigenvalue weighted by Gasteiger charge is 2.23. The number of hydrogen-bond acceptors (Lipinski definition) is 5. The minimum atomic E-state index is -0.413.